The van der Waals surface area contributed by atoms with E-state index in [1.807, 2.05) is 53.4 Å². The second-order valence-corrected chi connectivity index (χ2v) is 6.89. The number of carbonyl (C=O) groups excluding carboxylic acids is 2. The molecule has 3 aromatic carbocycles. The van der Waals surface area contributed by atoms with Crippen LogP contribution in [0, 0.1) is 0 Å². The van der Waals surface area contributed by atoms with Crippen LogP contribution in [0.25, 0.3) is 10.8 Å². The van der Waals surface area contributed by atoms with Crippen molar-refractivity contribution in [2.24, 2.45) is 0 Å². The van der Waals surface area contributed by atoms with E-state index in [9.17, 15) is 9.59 Å². The molecule has 1 fully saturated rings. The zero-order chi connectivity index (χ0) is 19.3. The number of likely N-dealkylation sites (tertiary alicyclic amines) is 1. The lowest BCUT2D eigenvalue weighted by Crippen LogP contribution is -2.29. The monoisotopic (exact) mass is 374 g/mol. The zero-order valence-electron chi connectivity index (χ0n) is 15.6. The maximum absolute atomic E-state index is 12.7. The summed E-state index contributed by atoms with van der Waals surface area (Å²) in [5, 5.41) is 4.99. The van der Waals surface area contributed by atoms with Crippen molar-refractivity contribution in [3.63, 3.8) is 0 Å². The van der Waals surface area contributed by atoms with Crippen molar-refractivity contribution in [3.05, 3.63) is 72.3 Å². The molecule has 1 aliphatic heterocycles. The number of carbonyl (C=O) groups is 2. The lowest BCUT2D eigenvalue weighted by Gasteiger charge is -2.18. The Kier molecular flexibility index (Phi) is 5.24. The first-order chi connectivity index (χ1) is 13.7. The second kappa shape index (κ2) is 8.13. The van der Waals surface area contributed by atoms with Gasteiger partial charge in [0, 0.05) is 13.1 Å². The Labute approximate surface area is 163 Å². The van der Waals surface area contributed by atoms with Crippen LogP contribution in [0.4, 0.5) is 5.69 Å². The number of ether oxygens (including phenoxy) is 1. The molecule has 0 spiro atoms. The third-order valence-corrected chi connectivity index (χ3v) is 4.92. The molecule has 5 nitrogen and oxygen atoms in total. The van der Waals surface area contributed by atoms with Crippen molar-refractivity contribution < 1.29 is 14.3 Å². The van der Waals surface area contributed by atoms with E-state index in [0.29, 0.717) is 17.0 Å². The van der Waals surface area contributed by atoms with Crippen molar-refractivity contribution in [3.8, 4) is 5.75 Å². The van der Waals surface area contributed by atoms with Crippen molar-refractivity contribution >= 4 is 28.3 Å². The fraction of sp³-hybridized carbons (Fsp3) is 0.217. The maximum atomic E-state index is 12.7. The molecule has 1 saturated heterocycles. The van der Waals surface area contributed by atoms with Gasteiger partial charge < -0.3 is 15.0 Å². The molecule has 0 aliphatic carbocycles. The standard InChI is InChI=1S/C23H22N2O3/c26-22(16-28-19-12-11-17-7-1-2-8-18(17)15-19)24-21-10-4-3-9-20(21)23(27)25-13-5-6-14-25/h1-4,7-12,15H,5-6,13-14,16H2,(H,24,26). The molecule has 0 atom stereocenters. The van der Waals surface area contributed by atoms with Crippen LogP contribution in [0.15, 0.2) is 66.7 Å². The quantitative estimate of drug-likeness (QED) is 0.732. The van der Waals surface area contributed by atoms with Gasteiger partial charge in [0.05, 0.1) is 11.3 Å². The van der Waals surface area contributed by atoms with Crippen LogP contribution in [-0.2, 0) is 4.79 Å². The number of anilines is 1. The third-order valence-electron chi connectivity index (χ3n) is 4.92. The van der Waals surface area contributed by atoms with Crippen LogP contribution in [0.1, 0.15) is 23.2 Å². The van der Waals surface area contributed by atoms with Gasteiger partial charge in [-0.15, -0.1) is 0 Å². The largest absolute Gasteiger partial charge is 0.484 e. The predicted molar refractivity (Wildman–Crippen MR) is 110 cm³/mol. The average Bonchev–Trinajstić information content (AvgIpc) is 3.27. The molecule has 142 valence electrons. The molecule has 1 heterocycles. The Morgan fingerprint density at radius 3 is 2.43 bits per heavy atom. The van der Waals surface area contributed by atoms with Gasteiger partial charge in [-0.3, -0.25) is 9.59 Å². The molecule has 3 aromatic rings. The molecular formula is C23H22N2O3. The highest BCUT2D eigenvalue weighted by Crippen LogP contribution is 2.22. The van der Waals surface area contributed by atoms with Crippen LogP contribution < -0.4 is 10.1 Å². The first kappa shape index (κ1) is 18.0. The minimum atomic E-state index is -0.296. The second-order valence-electron chi connectivity index (χ2n) is 6.89. The summed E-state index contributed by atoms with van der Waals surface area (Å²) >= 11 is 0. The molecule has 4 rings (SSSR count). The zero-order valence-corrected chi connectivity index (χ0v) is 15.6. The van der Waals surface area contributed by atoms with E-state index in [4.69, 9.17) is 4.74 Å². The summed E-state index contributed by atoms with van der Waals surface area (Å²) in [4.78, 5) is 26.9. The number of hydrogen-bond donors (Lipinski definition) is 1. The van der Waals surface area contributed by atoms with Crippen LogP contribution in [0.5, 0.6) is 5.75 Å². The third kappa shape index (κ3) is 3.98. The van der Waals surface area contributed by atoms with E-state index < -0.39 is 0 Å². The first-order valence-corrected chi connectivity index (χ1v) is 9.50. The van der Waals surface area contributed by atoms with Crippen molar-refractivity contribution in [2.45, 2.75) is 12.8 Å². The highest BCUT2D eigenvalue weighted by molar-refractivity contribution is 6.04. The lowest BCUT2D eigenvalue weighted by atomic mass is 10.1. The fourth-order valence-corrected chi connectivity index (χ4v) is 3.46. The van der Waals surface area contributed by atoms with Gasteiger partial charge in [-0.2, -0.15) is 0 Å². The van der Waals surface area contributed by atoms with E-state index in [1.165, 1.54) is 0 Å². The van der Waals surface area contributed by atoms with E-state index >= 15 is 0 Å². The van der Waals surface area contributed by atoms with Gasteiger partial charge in [-0.05, 0) is 47.9 Å². The molecule has 0 saturated carbocycles. The molecule has 0 aromatic heterocycles. The number of amides is 2. The summed E-state index contributed by atoms with van der Waals surface area (Å²) in [6.07, 6.45) is 2.06. The summed E-state index contributed by atoms with van der Waals surface area (Å²) in [5.74, 6) is 0.300. The number of benzene rings is 3. The topological polar surface area (TPSA) is 58.6 Å². The van der Waals surface area contributed by atoms with Crippen LogP contribution >= 0.6 is 0 Å². The molecule has 0 radical (unpaired) electrons. The van der Waals surface area contributed by atoms with Crippen LogP contribution in [-0.4, -0.2) is 36.4 Å². The summed E-state index contributed by atoms with van der Waals surface area (Å²) in [6, 6.07) is 20.8. The minimum absolute atomic E-state index is 0.0381. The number of rotatable bonds is 5. The smallest absolute Gasteiger partial charge is 0.262 e. The average molecular weight is 374 g/mol. The Bertz CT molecular complexity index is 1010. The summed E-state index contributed by atoms with van der Waals surface area (Å²) < 4.78 is 5.64. The molecule has 2 amide bonds. The van der Waals surface area contributed by atoms with Crippen molar-refractivity contribution in [1.29, 1.82) is 0 Å². The molecule has 0 bridgehead atoms. The number of nitrogens with one attached hydrogen (secondary N) is 1. The SMILES string of the molecule is O=C(COc1ccc2ccccc2c1)Nc1ccccc1C(=O)N1CCCC1. The normalized spacial score (nSPS) is 13.5. The number of nitrogens with zero attached hydrogens (tertiary/aromatic N) is 1. The Morgan fingerprint density at radius 2 is 1.61 bits per heavy atom. The van der Waals surface area contributed by atoms with Gasteiger partial charge in [0.25, 0.3) is 11.8 Å². The number of fused-ring (bicyclic) bond motifs is 1. The summed E-state index contributed by atoms with van der Waals surface area (Å²) in [5.41, 5.74) is 1.04. The van der Waals surface area contributed by atoms with E-state index in [-0.39, 0.29) is 18.4 Å². The molecular weight excluding hydrogens is 352 g/mol. The van der Waals surface area contributed by atoms with Gasteiger partial charge in [0.2, 0.25) is 0 Å². The van der Waals surface area contributed by atoms with Crippen molar-refractivity contribution in [2.75, 3.05) is 25.0 Å². The predicted octanol–water partition coefficient (Wildman–Crippen LogP) is 4.09. The van der Waals surface area contributed by atoms with Crippen LogP contribution in [0.3, 0.4) is 0 Å². The van der Waals surface area contributed by atoms with Crippen LogP contribution in [0.2, 0.25) is 0 Å². The Morgan fingerprint density at radius 1 is 0.893 bits per heavy atom. The van der Waals surface area contributed by atoms with E-state index in [2.05, 4.69) is 5.32 Å². The van der Waals surface area contributed by atoms with Gasteiger partial charge in [-0.1, -0.05) is 42.5 Å². The van der Waals surface area contributed by atoms with Gasteiger partial charge in [-0.25, -0.2) is 0 Å². The summed E-state index contributed by atoms with van der Waals surface area (Å²) in [7, 11) is 0. The number of para-hydroxylation sites is 1. The summed E-state index contributed by atoms with van der Waals surface area (Å²) in [6.45, 7) is 1.42. The minimum Gasteiger partial charge on any atom is -0.484 e. The van der Waals surface area contributed by atoms with E-state index in [1.54, 1.807) is 18.2 Å². The molecule has 28 heavy (non-hydrogen) atoms. The van der Waals surface area contributed by atoms with Gasteiger partial charge >= 0.3 is 0 Å². The Balaban J connectivity index is 1.41. The molecule has 1 N–H and O–H groups in total. The van der Waals surface area contributed by atoms with Gasteiger partial charge in [0.15, 0.2) is 6.61 Å². The highest BCUT2D eigenvalue weighted by Gasteiger charge is 2.22. The van der Waals surface area contributed by atoms with Gasteiger partial charge in [0.1, 0.15) is 5.75 Å². The van der Waals surface area contributed by atoms with Crippen molar-refractivity contribution in [1.82, 2.24) is 4.90 Å². The maximum Gasteiger partial charge on any atom is 0.262 e. The lowest BCUT2D eigenvalue weighted by molar-refractivity contribution is -0.118. The molecule has 0 unspecified atom stereocenters. The fourth-order valence-electron chi connectivity index (χ4n) is 3.46. The Hall–Kier alpha value is -3.34. The highest BCUT2D eigenvalue weighted by atomic mass is 16.5. The molecule has 5 heteroatoms. The number of hydrogen-bond acceptors (Lipinski definition) is 3. The first-order valence-electron chi connectivity index (χ1n) is 9.50. The molecule has 1 aliphatic rings. The van der Waals surface area contributed by atoms with E-state index in [0.717, 1.165) is 36.7 Å².